The number of aromatic nitrogens is 1. The highest BCUT2D eigenvalue weighted by Crippen LogP contribution is 2.04. The van der Waals surface area contributed by atoms with Crippen LogP contribution >= 0.6 is 0 Å². The van der Waals surface area contributed by atoms with Crippen molar-refractivity contribution in [3.8, 4) is 12.3 Å². The molecule has 3 nitrogen and oxygen atoms in total. The maximum Gasteiger partial charge on any atom is 0.271 e. The second kappa shape index (κ2) is 4.52. The molecule has 1 aromatic rings. The van der Waals surface area contributed by atoms with Gasteiger partial charge in [-0.2, -0.15) is 0 Å². The molecule has 1 aromatic heterocycles. The summed E-state index contributed by atoms with van der Waals surface area (Å²) in [6.45, 7) is 2.91. The second-order valence-corrected chi connectivity index (χ2v) is 3.03. The summed E-state index contributed by atoms with van der Waals surface area (Å²) in [5.41, 5.74) is 0.669. The Labute approximate surface area is 84.3 Å². The predicted octanol–water partition coefficient (Wildman–Crippen LogP) is 1.12. The molecular formula is C11H14N2O. The molecule has 1 rings (SSSR count). The Balaban J connectivity index is 2.84. The summed E-state index contributed by atoms with van der Waals surface area (Å²) in [5, 5.41) is 0. The van der Waals surface area contributed by atoms with Gasteiger partial charge in [-0.25, -0.2) is 0 Å². The molecule has 0 saturated heterocycles. The summed E-state index contributed by atoms with van der Waals surface area (Å²) in [6.07, 6.45) is 7.03. The highest BCUT2D eigenvalue weighted by Gasteiger charge is 2.14. The number of nitrogens with zero attached hydrogens (tertiary/aromatic N) is 2. The van der Waals surface area contributed by atoms with E-state index in [1.807, 2.05) is 26.2 Å². The number of aryl methyl sites for hydroxylation is 1. The maximum atomic E-state index is 11.9. The molecule has 0 unspecified atom stereocenters. The number of hydrogen-bond donors (Lipinski definition) is 0. The van der Waals surface area contributed by atoms with Crippen LogP contribution in [0.25, 0.3) is 0 Å². The first-order chi connectivity index (χ1) is 6.70. The van der Waals surface area contributed by atoms with Gasteiger partial charge in [-0.1, -0.05) is 5.92 Å². The molecule has 3 heteroatoms. The minimum atomic E-state index is -0.0158. The van der Waals surface area contributed by atoms with Gasteiger partial charge in [-0.3, -0.25) is 4.79 Å². The molecule has 0 aliphatic carbocycles. The maximum absolute atomic E-state index is 11.9. The lowest BCUT2D eigenvalue weighted by Gasteiger charge is -2.17. The van der Waals surface area contributed by atoms with E-state index in [0.29, 0.717) is 18.8 Å². The first kappa shape index (κ1) is 10.4. The van der Waals surface area contributed by atoms with Gasteiger partial charge in [0.2, 0.25) is 0 Å². The average molecular weight is 190 g/mol. The van der Waals surface area contributed by atoms with Gasteiger partial charge in [0, 0.05) is 19.8 Å². The molecule has 0 N–H and O–H groups in total. The van der Waals surface area contributed by atoms with Crippen LogP contribution in [0.15, 0.2) is 18.3 Å². The largest absolute Gasteiger partial charge is 0.347 e. The van der Waals surface area contributed by atoms with Crippen molar-refractivity contribution in [3.63, 3.8) is 0 Å². The average Bonchev–Trinajstić information content (AvgIpc) is 2.59. The third-order valence-corrected chi connectivity index (χ3v) is 2.11. The van der Waals surface area contributed by atoms with E-state index in [-0.39, 0.29) is 5.91 Å². The van der Waals surface area contributed by atoms with Crippen LogP contribution in [0.4, 0.5) is 0 Å². The molecule has 74 valence electrons. The lowest BCUT2D eigenvalue weighted by atomic mass is 10.3. The Bertz CT molecular complexity index is 360. The van der Waals surface area contributed by atoms with E-state index in [1.165, 1.54) is 0 Å². The van der Waals surface area contributed by atoms with Crippen LogP contribution < -0.4 is 0 Å². The molecule has 0 aromatic carbocycles. The Kier molecular flexibility index (Phi) is 3.35. The predicted molar refractivity (Wildman–Crippen MR) is 55.8 cm³/mol. The van der Waals surface area contributed by atoms with Crippen molar-refractivity contribution in [2.45, 2.75) is 6.92 Å². The van der Waals surface area contributed by atoms with Crippen LogP contribution in [-0.4, -0.2) is 28.5 Å². The van der Waals surface area contributed by atoms with Crippen LogP contribution in [0.3, 0.4) is 0 Å². The minimum absolute atomic E-state index is 0.0158. The van der Waals surface area contributed by atoms with E-state index in [2.05, 4.69) is 5.92 Å². The molecule has 1 amide bonds. The standard InChI is InChI=1S/C11H14N2O/c1-4-8-13(5-2)11(14)10-7-6-9-12(10)3/h1,6-7,9H,5,8H2,2-3H3. The highest BCUT2D eigenvalue weighted by atomic mass is 16.2. The Hall–Kier alpha value is -1.69. The number of carbonyl (C=O) groups is 1. The molecule has 0 fully saturated rings. The van der Waals surface area contributed by atoms with Gasteiger partial charge < -0.3 is 9.47 Å². The SMILES string of the molecule is C#CCN(CC)C(=O)c1cccn1C. The third-order valence-electron chi connectivity index (χ3n) is 2.11. The van der Waals surface area contributed by atoms with Gasteiger partial charge >= 0.3 is 0 Å². The van der Waals surface area contributed by atoms with Gasteiger partial charge in [-0.05, 0) is 19.1 Å². The Morgan fingerprint density at radius 3 is 2.86 bits per heavy atom. The van der Waals surface area contributed by atoms with Crippen molar-refractivity contribution in [2.24, 2.45) is 7.05 Å². The van der Waals surface area contributed by atoms with Crippen molar-refractivity contribution in [2.75, 3.05) is 13.1 Å². The molecule has 0 radical (unpaired) electrons. The van der Waals surface area contributed by atoms with Crippen LogP contribution in [0, 0.1) is 12.3 Å². The third kappa shape index (κ3) is 1.97. The molecule has 0 atom stereocenters. The van der Waals surface area contributed by atoms with Crippen LogP contribution in [-0.2, 0) is 7.05 Å². The monoisotopic (exact) mass is 190 g/mol. The number of rotatable bonds is 3. The highest BCUT2D eigenvalue weighted by molar-refractivity contribution is 5.92. The van der Waals surface area contributed by atoms with Crippen molar-refractivity contribution in [3.05, 3.63) is 24.0 Å². The molecule has 14 heavy (non-hydrogen) atoms. The van der Waals surface area contributed by atoms with E-state index < -0.39 is 0 Å². The Morgan fingerprint density at radius 2 is 2.43 bits per heavy atom. The van der Waals surface area contributed by atoms with Gasteiger partial charge in [0.1, 0.15) is 5.69 Å². The lowest BCUT2D eigenvalue weighted by Crippen LogP contribution is -2.32. The fourth-order valence-corrected chi connectivity index (χ4v) is 1.28. The summed E-state index contributed by atoms with van der Waals surface area (Å²) in [4.78, 5) is 13.5. The first-order valence-electron chi connectivity index (χ1n) is 4.54. The van der Waals surface area contributed by atoms with E-state index in [0.717, 1.165) is 0 Å². The molecule has 0 aliphatic rings. The van der Waals surface area contributed by atoms with E-state index in [9.17, 15) is 4.79 Å². The minimum Gasteiger partial charge on any atom is -0.347 e. The lowest BCUT2D eigenvalue weighted by molar-refractivity contribution is 0.0775. The Morgan fingerprint density at radius 1 is 1.71 bits per heavy atom. The molecule has 0 spiro atoms. The summed E-state index contributed by atoms with van der Waals surface area (Å²) in [5.74, 6) is 2.46. The first-order valence-corrected chi connectivity index (χ1v) is 4.54. The van der Waals surface area contributed by atoms with Crippen LogP contribution in [0.2, 0.25) is 0 Å². The molecule has 1 heterocycles. The van der Waals surface area contributed by atoms with E-state index in [4.69, 9.17) is 6.42 Å². The second-order valence-electron chi connectivity index (χ2n) is 3.03. The van der Waals surface area contributed by atoms with Crippen LogP contribution in [0.5, 0.6) is 0 Å². The topological polar surface area (TPSA) is 25.2 Å². The summed E-state index contributed by atoms with van der Waals surface area (Å²) in [6, 6.07) is 3.64. The van der Waals surface area contributed by atoms with Gasteiger partial charge in [0.05, 0.1) is 6.54 Å². The van der Waals surface area contributed by atoms with Gasteiger partial charge in [0.15, 0.2) is 0 Å². The summed E-state index contributed by atoms with van der Waals surface area (Å²) in [7, 11) is 1.84. The van der Waals surface area contributed by atoms with E-state index >= 15 is 0 Å². The zero-order valence-electron chi connectivity index (χ0n) is 8.53. The molecule has 0 saturated carbocycles. The number of amides is 1. The smallest absolute Gasteiger partial charge is 0.271 e. The number of hydrogen-bond acceptors (Lipinski definition) is 1. The van der Waals surface area contributed by atoms with Crippen molar-refractivity contribution >= 4 is 5.91 Å². The number of carbonyl (C=O) groups excluding carboxylic acids is 1. The van der Waals surface area contributed by atoms with Gasteiger partial charge in [-0.15, -0.1) is 6.42 Å². The quantitative estimate of drug-likeness (QED) is 0.656. The molecule has 0 bridgehead atoms. The normalized spacial score (nSPS) is 9.50. The number of terminal acetylenes is 1. The van der Waals surface area contributed by atoms with Gasteiger partial charge in [0.25, 0.3) is 5.91 Å². The van der Waals surface area contributed by atoms with E-state index in [1.54, 1.807) is 15.5 Å². The van der Waals surface area contributed by atoms with Crippen molar-refractivity contribution < 1.29 is 4.79 Å². The fraction of sp³-hybridized carbons (Fsp3) is 0.364. The zero-order chi connectivity index (χ0) is 10.6. The summed E-state index contributed by atoms with van der Waals surface area (Å²) >= 11 is 0. The zero-order valence-corrected chi connectivity index (χ0v) is 8.53. The molecule has 0 aliphatic heterocycles. The van der Waals surface area contributed by atoms with Crippen molar-refractivity contribution in [1.29, 1.82) is 0 Å². The molecular weight excluding hydrogens is 176 g/mol. The van der Waals surface area contributed by atoms with Crippen molar-refractivity contribution in [1.82, 2.24) is 9.47 Å². The van der Waals surface area contributed by atoms with Crippen LogP contribution in [0.1, 0.15) is 17.4 Å². The fourth-order valence-electron chi connectivity index (χ4n) is 1.28. The summed E-state index contributed by atoms with van der Waals surface area (Å²) < 4.78 is 1.79.